The molecule has 0 spiro atoms. The maximum absolute atomic E-state index is 12.7. The normalized spacial score (nSPS) is 11.7. The van der Waals surface area contributed by atoms with E-state index in [2.05, 4.69) is 13.8 Å². The monoisotopic (exact) mass is 335 g/mol. The third kappa shape index (κ3) is 3.47. The van der Waals surface area contributed by atoms with Gasteiger partial charge >= 0.3 is 0 Å². The summed E-state index contributed by atoms with van der Waals surface area (Å²) in [5.74, 6) is 0.426. The average Bonchev–Trinajstić information content (AvgIpc) is 2.54. The number of nitrogens with zero attached hydrogens (tertiary/aromatic N) is 1. The van der Waals surface area contributed by atoms with E-state index in [1.165, 1.54) is 9.87 Å². The van der Waals surface area contributed by atoms with Crippen LogP contribution in [-0.2, 0) is 10.0 Å². The van der Waals surface area contributed by atoms with E-state index in [0.29, 0.717) is 16.5 Å². The fraction of sp³-hybridized carbons (Fsp3) is 0.294. The zero-order valence-electron chi connectivity index (χ0n) is 13.3. The topological polar surface area (TPSA) is 37.4 Å². The van der Waals surface area contributed by atoms with E-state index in [-0.39, 0.29) is 0 Å². The van der Waals surface area contributed by atoms with E-state index in [1.807, 2.05) is 42.7 Å². The first-order chi connectivity index (χ1) is 10.4. The van der Waals surface area contributed by atoms with Gasteiger partial charge in [-0.15, -0.1) is 11.8 Å². The molecule has 5 heteroatoms. The summed E-state index contributed by atoms with van der Waals surface area (Å²) in [5, 5.41) is 0. The molecule has 0 atom stereocenters. The summed E-state index contributed by atoms with van der Waals surface area (Å²) in [6, 6.07) is 14.6. The molecular weight excluding hydrogens is 314 g/mol. The summed E-state index contributed by atoms with van der Waals surface area (Å²) in [5.41, 5.74) is 1.86. The van der Waals surface area contributed by atoms with Crippen LogP contribution in [0.15, 0.2) is 58.3 Å². The Balaban J connectivity index is 2.31. The van der Waals surface area contributed by atoms with Crippen molar-refractivity contribution in [1.82, 2.24) is 0 Å². The number of hydrogen-bond donors (Lipinski definition) is 0. The second-order valence-electron chi connectivity index (χ2n) is 5.39. The largest absolute Gasteiger partial charge is 0.269 e. The van der Waals surface area contributed by atoms with Gasteiger partial charge < -0.3 is 0 Å². The number of sulfonamides is 1. The van der Waals surface area contributed by atoms with Gasteiger partial charge in [-0.05, 0) is 54.1 Å². The molecule has 0 radical (unpaired) electrons. The first-order valence-corrected chi connectivity index (χ1v) is 9.75. The third-order valence-corrected chi connectivity index (χ3v) is 6.18. The molecule has 0 aliphatic rings. The van der Waals surface area contributed by atoms with Crippen molar-refractivity contribution in [2.24, 2.45) is 0 Å². The minimum atomic E-state index is -3.53. The van der Waals surface area contributed by atoms with Crippen LogP contribution < -0.4 is 4.31 Å². The van der Waals surface area contributed by atoms with E-state index in [9.17, 15) is 8.42 Å². The molecule has 0 amide bonds. The highest BCUT2D eigenvalue weighted by molar-refractivity contribution is 7.98. The van der Waals surface area contributed by atoms with Gasteiger partial charge in [0.1, 0.15) is 0 Å². The molecule has 0 aliphatic heterocycles. The highest BCUT2D eigenvalue weighted by Gasteiger charge is 2.21. The van der Waals surface area contributed by atoms with E-state index in [0.717, 1.165) is 4.90 Å². The van der Waals surface area contributed by atoms with Crippen molar-refractivity contribution in [2.45, 2.75) is 29.6 Å². The molecule has 2 aromatic rings. The smallest absolute Gasteiger partial charge is 0.264 e. The van der Waals surface area contributed by atoms with Crippen molar-refractivity contribution in [3.05, 3.63) is 54.1 Å². The van der Waals surface area contributed by atoms with Crippen LogP contribution in [-0.4, -0.2) is 21.7 Å². The molecule has 0 saturated heterocycles. The molecule has 0 N–H and O–H groups in total. The Labute approximate surface area is 137 Å². The molecule has 0 bridgehead atoms. The standard InChI is InChI=1S/C17H21NO2S2/c1-13(2)14-5-7-15(8-6-14)18(3)22(19,20)17-11-9-16(21-4)10-12-17/h5-13H,1-4H3. The first kappa shape index (κ1) is 16.9. The van der Waals surface area contributed by atoms with E-state index in [1.54, 1.807) is 30.9 Å². The SMILES string of the molecule is CSc1ccc(S(=O)(=O)N(C)c2ccc(C(C)C)cc2)cc1. The van der Waals surface area contributed by atoms with Gasteiger partial charge in [0, 0.05) is 11.9 Å². The second-order valence-corrected chi connectivity index (χ2v) is 8.24. The molecule has 0 fully saturated rings. The van der Waals surface area contributed by atoms with Crippen molar-refractivity contribution >= 4 is 27.5 Å². The predicted octanol–water partition coefficient (Wildman–Crippen LogP) is 4.36. The lowest BCUT2D eigenvalue weighted by Gasteiger charge is -2.20. The van der Waals surface area contributed by atoms with Crippen LogP contribution in [0.2, 0.25) is 0 Å². The van der Waals surface area contributed by atoms with E-state index >= 15 is 0 Å². The van der Waals surface area contributed by atoms with Gasteiger partial charge in [0.2, 0.25) is 0 Å². The lowest BCUT2D eigenvalue weighted by Crippen LogP contribution is -2.26. The molecule has 0 aliphatic carbocycles. The lowest BCUT2D eigenvalue weighted by atomic mass is 10.0. The molecule has 0 aromatic heterocycles. The average molecular weight is 335 g/mol. The number of rotatable bonds is 5. The molecule has 22 heavy (non-hydrogen) atoms. The summed E-state index contributed by atoms with van der Waals surface area (Å²) < 4.78 is 26.7. The van der Waals surface area contributed by atoms with E-state index < -0.39 is 10.0 Å². The summed E-state index contributed by atoms with van der Waals surface area (Å²) in [4.78, 5) is 1.35. The van der Waals surface area contributed by atoms with Gasteiger partial charge in [0.25, 0.3) is 10.0 Å². The maximum Gasteiger partial charge on any atom is 0.264 e. The molecule has 2 rings (SSSR count). The maximum atomic E-state index is 12.7. The Morgan fingerprint density at radius 1 is 0.955 bits per heavy atom. The van der Waals surface area contributed by atoms with Crippen molar-refractivity contribution in [3.63, 3.8) is 0 Å². The predicted molar refractivity (Wildman–Crippen MR) is 94.3 cm³/mol. The minimum Gasteiger partial charge on any atom is -0.269 e. The quantitative estimate of drug-likeness (QED) is 0.762. The Bertz CT molecular complexity index is 720. The molecule has 2 aromatic carbocycles. The number of hydrogen-bond acceptors (Lipinski definition) is 3. The Hall–Kier alpha value is -1.46. The summed E-state index contributed by atoms with van der Waals surface area (Å²) >= 11 is 1.59. The zero-order chi connectivity index (χ0) is 16.3. The summed E-state index contributed by atoms with van der Waals surface area (Å²) in [6.45, 7) is 4.23. The fourth-order valence-electron chi connectivity index (χ4n) is 2.11. The van der Waals surface area contributed by atoms with Crippen LogP contribution in [0.5, 0.6) is 0 Å². The second kappa shape index (κ2) is 6.75. The first-order valence-electron chi connectivity index (χ1n) is 7.09. The molecule has 0 unspecified atom stereocenters. The van der Waals surface area contributed by atoms with Crippen LogP contribution in [0.3, 0.4) is 0 Å². The van der Waals surface area contributed by atoms with Gasteiger partial charge in [0.05, 0.1) is 10.6 Å². The van der Waals surface area contributed by atoms with Crippen molar-refractivity contribution in [1.29, 1.82) is 0 Å². The lowest BCUT2D eigenvalue weighted by molar-refractivity contribution is 0.594. The molecule has 118 valence electrons. The Morgan fingerprint density at radius 2 is 1.50 bits per heavy atom. The highest BCUT2D eigenvalue weighted by atomic mass is 32.2. The molecule has 0 heterocycles. The van der Waals surface area contributed by atoms with Gasteiger partial charge in [-0.3, -0.25) is 4.31 Å². The van der Waals surface area contributed by atoms with Crippen molar-refractivity contribution < 1.29 is 8.42 Å². The molecule has 3 nitrogen and oxygen atoms in total. The summed E-state index contributed by atoms with van der Waals surface area (Å²) in [6.07, 6.45) is 1.96. The van der Waals surface area contributed by atoms with Crippen LogP contribution >= 0.6 is 11.8 Å². The van der Waals surface area contributed by atoms with Crippen molar-refractivity contribution in [2.75, 3.05) is 17.6 Å². The minimum absolute atomic E-state index is 0.306. The van der Waals surface area contributed by atoms with Crippen LogP contribution in [0.25, 0.3) is 0 Å². The number of thioether (sulfide) groups is 1. The van der Waals surface area contributed by atoms with Gasteiger partial charge in [0.15, 0.2) is 0 Å². The van der Waals surface area contributed by atoms with E-state index in [4.69, 9.17) is 0 Å². The van der Waals surface area contributed by atoms with Crippen LogP contribution in [0, 0.1) is 0 Å². The zero-order valence-corrected chi connectivity index (χ0v) is 14.9. The van der Waals surface area contributed by atoms with Crippen molar-refractivity contribution in [3.8, 4) is 0 Å². The number of anilines is 1. The fourth-order valence-corrected chi connectivity index (χ4v) is 3.72. The van der Waals surface area contributed by atoms with Gasteiger partial charge in [-0.2, -0.15) is 0 Å². The molecule has 0 saturated carbocycles. The summed E-state index contributed by atoms with van der Waals surface area (Å²) in [7, 11) is -1.94. The Kier molecular flexibility index (Phi) is 5.19. The third-order valence-electron chi connectivity index (χ3n) is 3.64. The van der Waals surface area contributed by atoms with Gasteiger partial charge in [-0.25, -0.2) is 8.42 Å². The number of benzene rings is 2. The van der Waals surface area contributed by atoms with Crippen LogP contribution in [0.1, 0.15) is 25.3 Å². The van der Waals surface area contributed by atoms with Gasteiger partial charge in [-0.1, -0.05) is 26.0 Å². The van der Waals surface area contributed by atoms with Crippen LogP contribution in [0.4, 0.5) is 5.69 Å². The molecular formula is C17H21NO2S2. The highest BCUT2D eigenvalue weighted by Crippen LogP contribution is 2.25. The Morgan fingerprint density at radius 3 is 1.95 bits per heavy atom.